The molecule has 0 radical (unpaired) electrons. The first kappa shape index (κ1) is 29.4. The SMILES string of the molecule is COC(=O)C1(CS[C@H](CCc2ccccc2C(C)(C)O)c2cccc(/C=C/c3ccc4ccc(Cl)cc4n3)c2)CC1. The number of methoxy groups -OCH3 is 1. The zero-order valence-corrected chi connectivity index (χ0v) is 25.3. The Kier molecular flexibility index (Phi) is 8.88. The van der Waals surface area contributed by atoms with E-state index >= 15 is 0 Å². The largest absolute Gasteiger partial charge is 0.469 e. The molecule has 0 bridgehead atoms. The summed E-state index contributed by atoms with van der Waals surface area (Å²) in [6, 6.07) is 26.5. The van der Waals surface area contributed by atoms with E-state index in [-0.39, 0.29) is 16.6 Å². The molecule has 0 aliphatic heterocycles. The molecule has 4 aromatic rings. The van der Waals surface area contributed by atoms with Gasteiger partial charge >= 0.3 is 5.97 Å². The number of carbonyl (C=O) groups is 1. The number of halogens is 1. The zero-order chi connectivity index (χ0) is 29.0. The van der Waals surface area contributed by atoms with Crippen LogP contribution in [0.25, 0.3) is 23.1 Å². The average molecular weight is 586 g/mol. The van der Waals surface area contributed by atoms with Gasteiger partial charge in [0.1, 0.15) is 0 Å². The summed E-state index contributed by atoms with van der Waals surface area (Å²) in [5, 5.41) is 12.7. The van der Waals surface area contributed by atoms with Crippen LogP contribution in [0.5, 0.6) is 0 Å². The van der Waals surface area contributed by atoms with E-state index in [1.165, 1.54) is 12.7 Å². The molecule has 0 spiro atoms. The van der Waals surface area contributed by atoms with Crippen LogP contribution in [0.15, 0.2) is 78.9 Å². The van der Waals surface area contributed by atoms with Gasteiger partial charge in [0.2, 0.25) is 0 Å². The highest BCUT2D eigenvalue weighted by atomic mass is 35.5. The van der Waals surface area contributed by atoms with Crippen molar-refractivity contribution in [2.24, 2.45) is 5.41 Å². The number of pyridine rings is 1. The quantitative estimate of drug-likeness (QED) is 0.178. The molecular weight excluding hydrogens is 550 g/mol. The summed E-state index contributed by atoms with van der Waals surface area (Å²) < 4.78 is 5.12. The van der Waals surface area contributed by atoms with Crippen LogP contribution >= 0.6 is 23.4 Å². The molecule has 4 nitrogen and oxygen atoms in total. The number of ether oxygens (including phenoxy) is 1. The Balaban J connectivity index is 1.38. The Hall–Kier alpha value is -3.12. The smallest absolute Gasteiger partial charge is 0.312 e. The number of aromatic nitrogens is 1. The van der Waals surface area contributed by atoms with E-state index in [0.717, 1.165) is 64.7 Å². The molecule has 1 fully saturated rings. The Morgan fingerprint density at radius 2 is 1.85 bits per heavy atom. The Morgan fingerprint density at radius 3 is 2.61 bits per heavy atom. The fourth-order valence-electron chi connectivity index (χ4n) is 5.25. The lowest BCUT2D eigenvalue weighted by Crippen LogP contribution is -2.21. The fourth-order valence-corrected chi connectivity index (χ4v) is 6.96. The van der Waals surface area contributed by atoms with E-state index in [0.29, 0.717) is 5.02 Å². The molecule has 0 unspecified atom stereocenters. The van der Waals surface area contributed by atoms with E-state index in [4.69, 9.17) is 21.3 Å². The summed E-state index contributed by atoms with van der Waals surface area (Å²) in [5.41, 5.74) is 4.89. The third-order valence-corrected chi connectivity index (χ3v) is 9.65. The summed E-state index contributed by atoms with van der Waals surface area (Å²) >= 11 is 8.01. The molecule has 0 amide bonds. The minimum atomic E-state index is -0.908. The Bertz CT molecular complexity index is 1570. The van der Waals surface area contributed by atoms with Gasteiger partial charge in [0.05, 0.1) is 29.3 Å². The highest BCUT2D eigenvalue weighted by Gasteiger charge is 2.51. The molecule has 212 valence electrons. The maximum atomic E-state index is 12.5. The number of hydrogen-bond donors (Lipinski definition) is 1. The van der Waals surface area contributed by atoms with E-state index in [9.17, 15) is 9.90 Å². The third kappa shape index (κ3) is 7.21. The predicted molar refractivity (Wildman–Crippen MR) is 171 cm³/mol. The Labute approximate surface area is 251 Å². The van der Waals surface area contributed by atoms with Crippen LogP contribution in [0.2, 0.25) is 5.02 Å². The van der Waals surface area contributed by atoms with Crippen LogP contribution in [0.1, 0.15) is 66.3 Å². The van der Waals surface area contributed by atoms with Crippen molar-refractivity contribution in [3.8, 4) is 0 Å². The first-order valence-corrected chi connectivity index (χ1v) is 15.4. The molecule has 1 aliphatic rings. The molecule has 1 saturated carbocycles. The molecule has 1 atom stereocenters. The van der Waals surface area contributed by atoms with Crippen LogP contribution < -0.4 is 0 Å². The van der Waals surface area contributed by atoms with Crippen molar-refractivity contribution in [1.29, 1.82) is 0 Å². The summed E-state index contributed by atoms with van der Waals surface area (Å²) in [5.74, 6) is 0.637. The van der Waals surface area contributed by atoms with Crippen LogP contribution in [-0.2, 0) is 21.6 Å². The molecule has 1 heterocycles. The zero-order valence-electron chi connectivity index (χ0n) is 23.8. The number of esters is 1. The summed E-state index contributed by atoms with van der Waals surface area (Å²) in [7, 11) is 1.48. The van der Waals surface area contributed by atoms with Gasteiger partial charge in [0, 0.05) is 21.4 Å². The number of aliphatic hydroxyl groups is 1. The normalized spacial score (nSPS) is 15.2. The van der Waals surface area contributed by atoms with Crippen LogP contribution in [0.4, 0.5) is 0 Å². The van der Waals surface area contributed by atoms with Crippen molar-refractivity contribution in [2.75, 3.05) is 12.9 Å². The van der Waals surface area contributed by atoms with Gasteiger partial charge in [-0.25, -0.2) is 4.98 Å². The highest BCUT2D eigenvalue weighted by molar-refractivity contribution is 7.99. The number of carbonyl (C=O) groups excluding carboxylic acids is 1. The van der Waals surface area contributed by atoms with E-state index in [2.05, 4.69) is 42.5 Å². The van der Waals surface area contributed by atoms with Gasteiger partial charge in [-0.05, 0) is 86.1 Å². The monoisotopic (exact) mass is 585 g/mol. The number of rotatable bonds is 11. The summed E-state index contributed by atoms with van der Waals surface area (Å²) in [6.07, 6.45) is 7.59. The molecule has 1 N–H and O–H groups in total. The molecular formula is C35H36ClNO3S. The number of nitrogens with zero attached hydrogens (tertiary/aromatic N) is 1. The van der Waals surface area contributed by atoms with Crippen molar-refractivity contribution < 1.29 is 14.6 Å². The molecule has 0 saturated heterocycles. The molecule has 6 heteroatoms. The second kappa shape index (κ2) is 12.4. The standard InChI is InChI=1S/C35H36ClNO3S/c1-34(2,39)30-10-5-4-8-25(30)14-18-32(41-23-35(19-20-35)33(38)40-3)27-9-6-7-24(21-27)11-16-29-17-13-26-12-15-28(36)22-31(26)37-29/h4-13,15-17,21-22,32,39H,14,18-20,23H2,1-3H3/b16-11+/t32-/m1/s1. The van der Waals surface area contributed by atoms with Gasteiger partial charge in [-0.3, -0.25) is 4.79 Å². The van der Waals surface area contributed by atoms with Crippen LogP contribution in [0.3, 0.4) is 0 Å². The van der Waals surface area contributed by atoms with E-state index < -0.39 is 5.60 Å². The van der Waals surface area contributed by atoms with Crippen molar-refractivity contribution in [3.05, 3.63) is 112 Å². The maximum absolute atomic E-state index is 12.5. The second-order valence-corrected chi connectivity index (χ2v) is 13.0. The minimum Gasteiger partial charge on any atom is -0.469 e. The first-order valence-electron chi connectivity index (χ1n) is 14.0. The highest BCUT2D eigenvalue weighted by Crippen LogP contribution is 2.51. The molecule has 5 rings (SSSR count). The van der Waals surface area contributed by atoms with Gasteiger partial charge in [0.25, 0.3) is 0 Å². The van der Waals surface area contributed by atoms with Crippen LogP contribution in [0, 0.1) is 5.41 Å². The van der Waals surface area contributed by atoms with Crippen molar-refractivity contribution >= 4 is 52.4 Å². The van der Waals surface area contributed by atoms with Gasteiger partial charge in [-0.1, -0.05) is 78.3 Å². The fraction of sp³-hybridized carbons (Fsp3) is 0.314. The number of hydrogen-bond acceptors (Lipinski definition) is 5. The topological polar surface area (TPSA) is 59.4 Å². The summed E-state index contributed by atoms with van der Waals surface area (Å²) in [4.78, 5) is 17.2. The van der Waals surface area contributed by atoms with Gasteiger partial charge < -0.3 is 9.84 Å². The van der Waals surface area contributed by atoms with Gasteiger partial charge in [-0.2, -0.15) is 11.8 Å². The van der Waals surface area contributed by atoms with Crippen LogP contribution in [-0.4, -0.2) is 28.9 Å². The van der Waals surface area contributed by atoms with Crippen molar-refractivity contribution in [1.82, 2.24) is 4.98 Å². The predicted octanol–water partition coefficient (Wildman–Crippen LogP) is 8.65. The van der Waals surface area contributed by atoms with Crippen molar-refractivity contribution in [3.63, 3.8) is 0 Å². The van der Waals surface area contributed by atoms with E-state index in [1.807, 2.05) is 74.1 Å². The number of benzene rings is 3. The molecule has 1 aliphatic carbocycles. The molecule has 3 aromatic carbocycles. The lowest BCUT2D eigenvalue weighted by molar-refractivity contribution is -0.146. The third-order valence-electron chi connectivity index (χ3n) is 7.79. The minimum absolute atomic E-state index is 0.100. The number of fused-ring (bicyclic) bond motifs is 1. The lowest BCUT2D eigenvalue weighted by Gasteiger charge is -2.24. The maximum Gasteiger partial charge on any atom is 0.312 e. The first-order chi connectivity index (χ1) is 19.7. The van der Waals surface area contributed by atoms with Gasteiger partial charge in [0.15, 0.2) is 0 Å². The summed E-state index contributed by atoms with van der Waals surface area (Å²) in [6.45, 7) is 3.67. The average Bonchev–Trinajstić information content (AvgIpc) is 3.76. The van der Waals surface area contributed by atoms with Gasteiger partial charge in [-0.15, -0.1) is 0 Å². The second-order valence-electron chi connectivity index (χ2n) is 11.4. The molecule has 1 aromatic heterocycles. The number of thioether (sulfide) groups is 1. The Morgan fingerprint density at radius 1 is 1.07 bits per heavy atom. The van der Waals surface area contributed by atoms with Crippen molar-refractivity contribution in [2.45, 2.75) is 50.4 Å². The lowest BCUT2D eigenvalue weighted by atomic mass is 9.90. The molecule has 41 heavy (non-hydrogen) atoms. The van der Waals surface area contributed by atoms with E-state index in [1.54, 1.807) is 0 Å². The number of aryl methyl sites for hydroxylation is 1.